The molecule has 6 heteroatoms. The van der Waals surface area contributed by atoms with Crippen LogP contribution in [0.4, 0.5) is 5.69 Å². The topological polar surface area (TPSA) is 84.7 Å². The zero-order valence-electron chi connectivity index (χ0n) is 19.3. The van der Waals surface area contributed by atoms with E-state index < -0.39 is 0 Å². The van der Waals surface area contributed by atoms with Gasteiger partial charge in [-0.2, -0.15) is 0 Å². The third-order valence-electron chi connectivity index (χ3n) is 5.16. The Morgan fingerprint density at radius 1 is 1.09 bits per heavy atom. The molecule has 0 aromatic heterocycles. The summed E-state index contributed by atoms with van der Waals surface area (Å²) >= 11 is 0. The number of carbonyl (C=O) groups excluding carboxylic acids is 2. The molecule has 0 saturated carbocycles. The average Bonchev–Trinajstić information content (AvgIpc) is 2.79. The van der Waals surface area contributed by atoms with Crippen molar-refractivity contribution < 1.29 is 14.3 Å². The molecule has 0 radical (unpaired) electrons. The molecule has 1 atom stereocenters. The molecule has 2 aromatic rings. The highest BCUT2D eigenvalue weighted by molar-refractivity contribution is 5.79. The minimum Gasteiger partial charge on any atom is -0.489 e. The van der Waals surface area contributed by atoms with Crippen molar-refractivity contribution in [3.05, 3.63) is 71.8 Å². The maximum absolute atomic E-state index is 12.1. The fourth-order valence-corrected chi connectivity index (χ4v) is 3.02. The molecule has 0 fully saturated rings. The zero-order valence-corrected chi connectivity index (χ0v) is 19.3. The van der Waals surface area contributed by atoms with Gasteiger partial charge in [0.1, 0.15) is 12.4 Å². The van der Waals surface area contributed by atoms with Crippen molar-refractivity contribution in [1.82, 2.24) is 5.32 Å². The van der Waals surface area contributed by atoms with Gasteiger partial charge in [-0.15, -0.1) is 0 Å². The molecule has 1 unspecified atom stereocenters. The van der Waals surface area contributed by atoms with Gasteiger partial charge in [0.2, 0.25) is 11.8 Å². The summed E-state index contributed by atoms with van der Waals surface area (Å²) in [6.45, 7) is 8.35. The first-order valence-corrected chi connectivity index (χ1v) is 11.1. The molecule has 0 saturated heterocycles. The summed E-state index contributed by atoms with van der Waals surface area (Å²) in [5.41, 5.74) is 8.68. The van der Waals surface area contributed by atoms with Gasteiger partial charge in [-0.05, 0) is 50.1 Å². The molecule has 172 valence electrons. The van der Waals surface area contributed by atoms with E-state index in [1.807, 2.05) is 54.6 Å². The van der Waals surface area contributed by atoms with Crippen molar-refractivity contribution in [3.63, 3.8) is 0 Å². The fraction of sp³-hybridized carbons (Fsp3) is 0.385. The number of hydrogen-bond donors (Lipinski definition) is 2. The monoisotopic (exact) mass is 437 g/mol. The predicted molar refractivity (Wildman–Crippen MR) is 129 cm³/mol. The van der Waals surface area contributed by atoms with E-state index in [9.17, 15) is 9.59 Å². The van der Waals surface area contributed by atoms with E-state index in [1.165, 1.54) is 5.57 Å². The van der Waals surface area contributed by atoms with Crippen LogP contribution in [0, 0.1) is 5.92 Å². The molecule has 2 amide bonds. The minimum atomic E-state index is -0.373. The number of nitrogens with zero attached hydrogens (tertiary/aromatic N) is 1. The van der Waals surface area contributed by atoms with Crippen molar-refractivity contribution in [2.75, 3.05) is 24.5 Å². The summed E-state index contributed by atoms with van der Waals surface area (Å²) in [6, 6.07) is 18.1. The third-order valence-corrected chi connectivity index (χ3v) is 5.16. The van der Waals surface area contributed by atoms with E-state index >= 15 is 0 Å². The largest absolute Gasteiger partial charge is 0.489 e. The first kappa shape index (κ1) is 25.0. The molecule has 0 heterocycles. The molecule has 0 spiro atoms. The smallest absolute Gasteiger partial charge is 0.220 e. The van der Waals surface area contributed by atoms with Gasteiger partial charge in [-0.1, -0.05) is 48.9 Å². The number of nitrogens with two attached hydrogens (primary N) is 1. The van der Waals surface area contributed by atoms with Crippen LogP contribution in [-0.2, 0) is 16.2 Å². The number of primary amides is 1. The van der Waals surface area contributed by atoms with E-state index in [0.29, 0.717) is 32.5 Å². The summed E-state index contributed by atoms with van der Waals surface area (Å²) in [6.07, 6.45) is 2.93. The highest BCUT2D eigenvalue weighted by Crippen LogP contribution is 2.20. The summed E-state index contributed by atoms with van der Waals surface area (Å²) in [7, 11) is 0. The van der Waals surface area contributed by atoms with Gasteiger partial charge in [0.25, 0.3) is 0 Å². The number of amides is 2. The van der Waals surface area contributed by atoms with Gasteiger partial charge >= 0.3 is 0 Å². The molecule has 0 aliphatic rings. The number of ether oxygens (including phenoxy) is 1. The summed E-state index contributed by atoms with van der Waals surface area (Å²) < 4.78 is 5.88. The Kier molecular flexibility index (Phi) is 10.3. The van der Waals surface area contributed by atoms with E-state index in [2.05, 4.69) is 30.1 Å². The highest BCUT2D eigenvalue weighted by atomic mass is 16.5. The second-order valence-corrected chi connectivity index (χ2v) is 8.19. The molecule has 0 aliphatic carbocycles. The number of anilines is 1. The molecule has 0 aliphatic heterocycles. The highest BCUT2D eigenvalue weighted by Gasteiger charge is 2.12. The van der Waals surface area contributed by atoms with Crippen LogP contribution < -0.4 is 20.7 Å². The predicted octanol–water partition coefficient (Wildman–Crippen LogP) is 4.06. The van der Waals surface area contributed by atoms with E-state index in [1.54, 1.807) is 6.92 Å². The van der Waals surface area contributed by atoms with Crippen molar-refractivity contribution >= 4 is 17.5 Å². The number of allylic oxidation sites excluding steroid dienone is 1. The standard InChI is InChI=1S/C26H35N3O3/c1-20(2)15-17-29(18-16-28-25(30)14-9-21(3)26(27)31)23-10-12-24(13-11-23)32-19-22-7-5-4-6-8-22/h4-8,10-13,15,21H,9,14,16-19H2,1-3H3,(H2,27,31)(H,28,30). The molecule has 2 aromatic carbocycles. The van der Waals surface area contributed by atoms with Crippen LogP contribution in [0.1, 0.15) is 39.2 Å². The van der Waals surface area contributed by atoms with Gasteiger partial charge < -0.3 is 20.7 Å². The Morgan fingerprint density at radius 3 is 2.41 bits per heavy atom. The van der Waals surface area contributed by atoms with Crippen LogP contribution in [0.5, 0.6) is 5.75 Å². The third kappa shape index (κ3) is 9.25. The van der Waals surface area contributed by atoms with Crippen molar-refractivity contribution in [2.45, 2.75) is 40.2 Å². The second-order valence-electron chi connectivity index (χ2n) is 8.19. The van der Waals surface area contributed by atoms with Crippen LogP contribution >= 0.6 is 0 Å². The molecule has 0 bridgehead atoms. The normalized spacial score (nSPS) is 11.3. The number of rotatable bonds is 13. The average molecular weight is 438 g/mol. The Labute approximate surface area is 191 Å². The van der Waals surface area contributed by atoms with E-state index in [0.717, 1.165) is 23.5 Å². The van der Waals surface area contributed by atoms with E-state index in [4.69, 9.17) is 10.5 Å². The number of hydrogen-bond acceptors (Lipinski definition) is 4. The lowest BCUT2D eigenvalue weighted by Gasteiger charge is -2.24. The summed E-state index contributed by atoms with van der Waals surface area (Å²) in [4.78, 5) is 25.4. The summed E-state index contributed by atoms with van der Waals surface area (Å²) in [5.74, 6) is 0.0843. The second kappa shape index (κ2) is 13.2. The first-order chi connectivity index (χ1) is 15.3. The van der Waals surface area contributed by atoms with Crippen LogP contribution in [0.2, 0.25) is 0 Å². The zero-order chi connectivity index (χ0) is 23.3. The maximum Gasteiger partial charge on any atom is 0.220 e. The minimum absolute atomic E-state index is 0.0649. The molecular weight excluding hydrogens is 402 g/mol. The van der Waals surface area contributed by atoms with Crippen molar-refractivity contribution in [1.29, 1.82) is 0 Å². The Balaban J connectivity index is 1.89. The molecule has 32 heavy (non-hydrogen) atoms. The Bertz CT molecular complexity index is 875. The Morgan fingerprint density at radius 2 is 1.78 bits per heavy atom. The molecule has 2 rings (SSSR count). The van der Waals surface area contributed by atoms with Crippen molar-refractivity contribution in [2.24, 2.45) is 11.7 Å². The van der Waals surface area contributed by atoms with Crippen LogP contribution in [-0.4, -0.2) is 31.4 Å². The maximum atomic E-state index is 12.1. The van der Waals surface area contributed by atoms with Gasteiger partial charge in [0.05, 0.1) is 0 Å². The lowest BCUT2D eigenvalue weighted by molar-refractivity contribution is -0.123. The van der Waals surface area contributed by atoms with Gasteiger partial charge in [-0.25, -0.2) is 0 Å². The quantitative estimate of drug-likeness (QED) is 0.463. The van der Waals surface area contributed by atoms with Gasteiger partial charge in [0.15, 0.2) is 0 Å². The van der Waals surface area contributed by atoms with Gasteiger partial charge in [-0.3, -0.25) is 9.59 Å². The van der Waals surface area contributed by atoms with Gasteiger partial charge in [0, 0.05) is 37.7 Å². The Hall–Kier alpha value is -3.28. The van der Waals surface area contributed by atoms with Crippen LogP contribution in [0.3, 0.4) is 0 Å². The number of carbonyl (C=O) groups is 2. The summed E-state index contributed by atoms with van der Waals surface area (Å²) in [5, 5.41) is 2.94. The van der Waals surface area contributed by atoms with Crippen LogP contribution in [0.25, 0.3) is 0 Å². The lowest BCUT2D eigenvalue weighted by Crippen LogP contribution is -2.35. The lowest BCUT2D eigenvalue weighted by atomic mass is 10.1. The first-order valence-electron chi connectivity index (χ1n) is 11.1. The van der Waals surface area contributed by atoms with Crippen molar-refractivity contribution in [3.8, 4) is 5.75 Å². The molecular formula is C26H35N3O3. The number of nitrogens with one attached hydrogen (secondary N) is 1. The SMILES string of the molecule is CC(C)=CCN(CCNC(=O)CCC(C)C(N)=O)c1ccc(OCc2ccccc2)cc1. The molecule has 3 N–H and O–H groups in total. The molecule has 6 nitrogen and oxygen atoms in total. The van der Waals surface area contributed by atoms with Crippen LogP contribution in [0.15, 0.2) is 66.2 Å². The number of benzene rings is 2. The van der Waals surface area contributed by atoms with E-state index in [-0.39, 0.29) is 17.7 Å². The fourth-order valence-electron chi connectivity index (χ4n) is 3.02.